The van der Waals surface area contributed by atoms with Gasteiger partial charge in [-0.2, -0.15) is 13.2 Å². The first-order valence-electron chi connectivity index (χ1n) is 8.07. The zero-order valence-corrected chi connectivity index (χ0v) is 14.3. The molecule has 1 aliphatic heterocycles. The third-order valence-electron chi connectivity index (χ3n) is 4.02. The molecule has 2 heterocycles. The Kier molecular flexibility index (Phi) is 4.76. The lowest BCUT2D eigenvalue weighted by Crippen LogP contribution is -2.44. The van der Waals surface area contributed by atoms with Gasteiger partial charge in [-0.05, 0) is 43.3 Å². The molecule has 0 aliphatic carbocycles. The number of nitrogens with one attached hydrogen (secondary N) is 1. The number of carbonyl (C=O) groups excluding carboxylic acids is 1. The van der Waals surface area contributed by atoms with Gasteiger partial charge in [-0.1, -0.05) is 0 Å². The SMILES string of the molecule is CC(=O)NC[C@@H]1CN(c2ccc(C(F)(F)F)cc2)c2ccc(C)nc2O1. The molecule has 0 saturated heterocycles. The lowest BCUT2D eigenvalue weighted by Gasteiger charge is -2.35. The van der Waals surface area contributed by atoms with Crippen LogP contribution < -0.4 is 15.0 Å². The van der Waals surface area contributed by atoms with E-state index in [0.717, 1.165) is 17.8 Å². The number of halogens is 3. The Morgan fingerprint density at radius 2 is 1.96 bits per heavy atom. The van der Waals surface area contributed by atoms with Crippen LogP contribution in [-0.4, -0.2) is 30.1 Å². The van der Waals surface area contributed by atoms with Crippen LogP contribution in [0.25, 0.3) is 0 Å². The molecule has 0 saturated carbocycles. The minimum Gasteiger partial charge on any atom is -0.469 e. The van der Waals surface area contributed by atoms with Crippen molar-refractivity contribution in [2.75, 3.05) is 18.0 Å². The van der Waals surface area contributed by atoms with Crippen molar-refractivity contribution in [3.63, 3.8) is 0 Å². The molecule has 26 heavy (non-hydrogen) atoms. The van der Waals surface area contributed by atoms with E-state index in [-0.39, 0.29) is 18.6 Å². The molecule has 3 rings (SSSR count). The molecule has 5 nitrogen and oxygen atoms in total. The molecule has 8 heteroatoms. The summed E-state index contributed by atoms with van der Waals surface area (Å²) in [6, 6.07) is 8.59. The van der Waals surface area contributed by atoms with E-state index in [1.165, 1.54) is 19.1 Å². The lowest BCUT2D eigenvalue weighted by atomic mass is 10.1. The normalized spacial score (nSPS) is 16.7. The summed E-state index contributed by atoms with van der Waals surface area (Å²) in [5, 5.41) is 2.69. The van der Waals surface area contributed by atoms with Crippen LogP contribution in [0.1, 0.15) is 18.2 Å². The number of amides is 1. The van der Waals surface area contributed by atoms with Gasteiger partial charge in [0.2, 0.25) is 11.8 Å². The maximum absolute atomic E-state index is 12.8. The van der Waals surface area contributed by atoms with Crippen LogP contribution in [0.3, 0.4) is 0 Å². The molecule has 1 atom stereocenters. The van der Waals surface area contributed by atoms with Gasteiger partial charge in [0.25, 0.3) is 0 Å². The number of hydrogen-bond acceptors (Lipinski definition) is 4. The minimum atomic E-state index is -4.38. The third-order valence-corrected chi connectivity index (χ3v) is 4.02. The molecule has 1 N–H and O–H groups in total. The number of anilines is 2. The third kappa shape index (κ3) is 3.89. The smallest absolute Gasteiger partial charge is 0.416 e. The van der Waals surface area contributed by atoms with Crippen molar-refractivity contribution in [2.45, 2.75) is 26.1 Å². The van der Waals surface area contributed by atoms with Crippen molar-refractivity contribution in [1.29, 1.82) is 0 Å². The van der Waals surface area contributed by atoms with Crippen molar-refractivity contribution in [1.82, 2.24) is 10.3 Å². The second-order valence-electron chi connectivity index (χ2n) is 6.11. The van der Waals surface area contributed by atoms with Crippen LogP contribution in [-0.2, 0) is 11.0 Å². The molecule has 0 bridgehead atoms. The number of rotatable bonds is 3. The van der Waals surface area contributed by atoms with Crippen molar-refractivity contribution < 1.29 is 22.7 Å². The highest BCUT2D eigenvalue weighted by Gasteiger charge is 2.32. The lowest BCUT2D eigenvalue weighted by molar-refractivity contribution is -0.137. The Morgan fingerprint density at radius 1 is 1.27 bits per heavy atom. The van der Waals surface area contributed by atoms with Gasteiger partial charge < -0.3 is 15.0 Å². The number of benzene rings is 1. The maximum Gasteiger partial charge on any atom is 0.416 e. The van der Waals surface area contributed by atoms with Crippen molar-refractivity contribution in [3.05, 3.63) is 47.7 Å². The highest BCUT2D eigenvalue weighted by Crippen LogP contribution is 2.38. The highest BCUT2D eigenvalue weighted by molar-refractivity contribution is 5.73. The molecular weight excluding hydrogens is 347 g/mol. The fraction of sp³-hybridized carbons (Fsp3) is 0.333. The standard InChI is InChI=1S/C18H18F3N3O2/c1-11-3-8-16-17(23-11)26-15(9-22-12(2)25)10-24(16)14-6-4-13(5-7-14)18(19,20)21/h3-8,15H,9-10H2,1-2H3,(H,22,25)/t15-/m1/s1. The molecule has 0 fully saturated rings. The number of aryl methyl sites for hydroxylation is 1. The van der Waals surface area contributed by atoms with E-state index in [1.54, 1.807) is 0 Å². The second kappa shape index (κ2) is 6.86. The van der Waals surface area contributed by atoms with Crippen LogP contribution in [0.15, 0.2) is 36.4 Å². The van der Waals surface area contributed by atoms with Crippen LogP contribution in [0.2, 0.25) is 0 Å². The van der Waals surface area contributed by atoms with E-state index >= 15 is 0 Å². The summed E-state index contributed by atoms with van der Waals surface area (Å²) in [5.74, 6) is 0.212. The predicted octanol–water partition coefficient (Wildman–Crippen LogP) is 3.44. The first-order valence-corrected chi connectivity index (χ1v) is 8.07. The van der Waals surface area contributed by atoms with Gasteiger partial charge in [0, 0.05) is 18.3 Å². The molecule has 0 spiro atoms. The van der Waals surface area contributed by atoms with E-state index in [2.05, 4.69) is 10.3 Å². The van der Waals surface area contributed by atoms with E-state index in [1.807, 2.05) is 24.0 Å². The first kappa shape index (κ1) is 18.0. The number of carbonyl (C=O) groups is 1. The molecule has 1 aliphatic rings. The van der Waals surface area contributed by atoms with Crippen molar-refractivity contribution in [2.24, 2.45) is 0 Å². The van der Waals surface area contributed by atoms with Gasteiger partial charge in [0.05, 0.1) is 18.7 Å². The summed E-state index contributed by atoms with van der Waals surface area (Å²) >= 11 is 0. The highest BCUT2D eigenvalue weighted by atomic mass is 19.4. The zero-order valence-electron chi connectivity index (χ0n) is 14.3. The van der Waals surface area contributed by atoms with Crippen LogP contribution in [0.5, 0.6) is 5.88 Å². The molecule has 1 aromatic carbocycles. The maximum atomic E-state index is 12.8. The predicted molar refractivity (Wildman–Crippen MR) is 90.5 cm³/mol. The van der Waals surface area contributed by atoms with Crippen LogP contribution >= 0.6 is 0 Å². The average Bonchev–Trinajstić information content (AvgIpc) is 2.58. The van der Waals surface area contributed by atoms with Gasteiger partial charge in [-0.3, -0.25) is 4.79 Å². The minimum absolute atomic E-state index is 0.183. The summed E-state index contributed by atoms with van der Waals surface area (Å²) in [7, 11) is 0. The number of aromatic nitrogens is 1. The average molecular weight is 365 g/mol. The Morgan fingerprint density at radius 3 is 2.58 bits per heavy atom. The first-order chi connectivity index (χ1) is 12.2. The molecule has 2 aromatic rings. The number of nitrogens with zero attached hydrogens (tertiary/aromatic N) is 2. The second-order valence-corrected chi connectivity index (χ2v) is 6.11. The number of pyridine rings is 1. The number of hydrogen-bond donors (Lipinski definition) is 1. The summed E-state index contributed by atoms with van der Waals surface area (Å²) in [5.41, 5.74) is 1.33. The Hall–Kier alpha value is -2.77. The van der Waals surface area contributed by atoms with Crippen molar-refractivity contribution in [3.8, 4) is 5.88 Å². The molecule has 138 valence electrons. The van der Waals surface area contributed by atoms with Gasteiger partial charge in [-0.15, -0.1) is 0 Å². The van der Waals surface area contributed by atoms with Gasteiger partial charge in [0.15, 0.2) is 0 Å². The number of ether oxygens (including phenoxy) is 1. The van der Waals surface area contributed by atoms with E-state index in [9.17, 15) is 18.0 Å². The largest absolute Gasteiger partial charge is 0.469 e. The summed E-state index contributed by atoms with van der Waals surface area (Å²) in [6.45, 7) is 3.89. The monoisotopic (exact) mass is 365 g/mol. The van der Waals surface area contributed by atoms with Gasteiger partial charge in [-0.25, -0.2) is 4.98 Å². The quantitative estimate of drug-likeness (QED) is 0.905. The molecule has 0 radical (unpaired) electrons. The Labute approximate surface area is 148 Å². The van der Waals surface area contributed by atoms with Crippen molar-refractivity contribution >= 4 is 17.3 Å². The van der Waals surface area contributed by atoms with Gasteiger partial charge in [0.1, 0.15) is 11.8 Å². The molecule has 1 aromatic heterocycles. The molecule has 1 amide bonds. The topological polar surface area (TPSA) is 54.5 Å². The summed E-state index contributed by atoms with van der Waals surface area (Å²) < 4.78 is 44.2. The van der Waals surface area contributed by atoms with Crippen LogP contribution in [0.4, 0.5) is 24.5 Å². The zero-order chi connectivity index (χ0) is 18.9. The Balaban J connectivity index is 1.92. The van der Waals surface area contributed by atoms with Crippen LogP contribution in [0, 0.1) is 6.92 Å². The fourth-order valence-corrected chi connectivity index (χ4v) is 2.75. The van der Waals surface area contributed by atoms with E-state index in [4.69, 9.17) is 4.74 Å². The van der Waals surface area contributed by atoms with E-state index < -0.39 is 11.7 Å². The van der Waals surface area contributed by atoms with E-state index in [0.29, 0.717) is 23.8 Å². The molecule has 0 unspecified atom stereocenters. The number of fused-ring (bicyclic) bond motifs is 1. The Bertz CT molecular complexity index is 806. The number of alkyl halides is 3. The van der Waals surface area contributed by atoms with Gasteiger partial charge >= 0.3 is 6.18 Å². The fourth-order valence-electron chi connectivity index (χ4n) is 2.75. The summed E-state index contributed by atoms with van der Waals surface area (Å²) in [4.78, 5) is 17.4. The molecular formula is C18H18F3N3O2. The summed E-state index contributed by atoms with van der Waals surface area (Å²) in [6.07, 6.45) is -4.75.